The number of nitrogens with zero attached hydrogens (tertiary/aromatic N) is 6. The molecule has 1 fully saturated rings. The molecule has 1 atom stereocenters. The number of rotatable bonds is 3. The highest BCUT2D eigenvalue weighted by atomic mass is 19.4. The number of carbonyl (C=O) groups excluding carboxylic acids is 2. The number of carbonyl (C=O) groups is 2. The summed E-state index contributed by atoms with van der Waals surface area (Å²) < 4.78 is 41.5. The third-order valence-corrected chi connectivity index (χ3v) is 5.20. The quantitative estimate of drug-likeness (QED) is 0.735. The van der Waals surface area contributed by atoms with E-state index >= 15 is 0 Å². The number of amides is 2. The van der Waals surface area contributed by atoms with Crippen LogP contribution in [0.5, 0.6) is 0 Å². The Bertz CT molecular complexity index is 1040. The van der Waals surface area contributed by atoms with Crippen molar-refractivity contribution in [2.75, 3.05) is 38.6 Å². The number of hydrogen-bond acceptors (Lipinski definition) is 5. The molecular weight excluding hydrogens is 413 g/mol. The molecule has 3 rings (SSSR count). The first kappa shape index (κ1) is 22.1. The van der Waals surface area contributed by atoms with Crippen molar-refractivity contribution in [1.82, 2.24) is 19.6 Å². The summed E-state index contributed by atoms with van der Waals surface area (Å²) in [5.41, 5.74) is -0.961. The zero-order valence-corrected chi connectivity index (χ0v) is 17.2. The Morgan fingerprint density at radius 1 is 1.23 bits per heavy atom. The van der Waals surface area contributed by atoms with Gasteiger partial charge in [0, 0.05) is 52.7 Å². The van der Waals surface area contributed by atoms with Gasteiger partial charge in [-0.05, 0) is 24.3 Å². The number of aromatic nitrogens is 2. The molecule has 2 heterocycles. The average molecular weight is 434 g/mol. The normalized spacial score (nSPS) is 16.7. The van der Waals surface area contributed by atoms with Crippen LogP contribution in [0.4, 0.5) is 18.9 Å². The van der Waals surface area contributed by atoms with Gasteiger partial charge in [0.25, 0.3) is 5.91 Å². The number of piperazine rings is 1. The molecule has 164 valence electrons. The number of halogens is 3. The van der Waals surface area contributed by atoms with Gasteiger partial charge in [-0.1, -0.05) is 0 Å². The zero-order valence-electron chi connectivity index (χ0n) is 17.2. The van der Waals surface area contributed by atoms with E-state index in [4.69, 9.17) is 5.26 Å². The van der Waals surface area contributed by atoms with Gasteiger partial charge in [0.2, 0.25) is 5.91 Å². The van der Waals surface area contributed by atoms with Crippen LogP contribution >= 0.6 is 0 Å². The second-order valence-electron chi connectivity index (χ2n) is 7.37. The molecule has 11 heteroatoms. The Hall–Kier alpha value is -3.55. The smallest absolute Gasteiger partial charge is 0.367 e. The summed E-state index contributed by atoms with van der Waals surface area (Å²) in [7, 11) is 4.72. The van der Waals surface area contributed by atoms with Crippen molar-refractivity contribution >= 4 is 17.5 Å². The van der Waals surface area contributed by atoms with E-state index in [1.165, 1.54) is 26.7 Å². The highest BCUT2D eigenvalue weighted by Gasteiger charge is 2.39. The molecule has 1 saturated heterocycles. The van der Waals surface area contributed by atoms with E-state index in [1.54, 1.807) is 38.2 Å². The van der Waals surface area contributed by atoms with E-state index in [-0.39, 0.29) is 37.1 Å². The number of alkyl halides is 3. The summed E-state index contributed by atoms with van der Waals surface area (Å²) in [5, 5.41) is 13.0. The Balaban J connectivity index is 1.94. The largest absolute Gasteiger partial charge is 0.417 e. The molecule has 2 aromatic rings. The van der Waals surface area contributed by atoms with Crippen LogP contribution in [0.25, 0.3) is 0 Å². The lowest BCUT2D eigenvalue weighted by molar-refractivity contribution is -0.138. The van der Waals surface area contributed by atoms with Crippen LogP contribution in [0.15, 0.2) is 30.5 Å². The summed E-state index contributed by atoms with van der Waals surface area (Å²) in [6, 6.07) is 5.66. The maximum Gasteiger partial charge on any atom is 0.417 e. The summed E-state index contributed by atoms with van der Waals surface area (Å²) in [6.07, 6.45) is -3.21. The first-order valence-electron chi connectivity index (χ1n) is 9.41. The average Bonchev–Trinajstić information content (AvgIpc) is 3.16. The van der Waals surface area contributed by atoms with Crippen molar-refractivity contribution in [3.05, 3.63) is 47.3 Å². The molecule has 31 heavy (non-hydrogen) atoms. The van der Waals surface area contributed by atoms with Crippen LogP contribution in [-0.2, 0) is 18.0 Å². The summed E-state index contributed by atoms with van der Waals surface area (Å²) in [4.78, 5) is 30.2. The predicted molar refractivity (Wildman–Crippen MR) is 105 cm³/mol. The zero-order chi connectivity index (χ0) is 22.9. The van der Waals surface area contributed by atoms with E-state index in [0.717, 1.165) is 12.1 Å². The predicted octanol–water partition coefficient (Wildman–Crippen LogP) is 1.73. The van der Waals surface area contributed by atoms with Gasteiger partial charge in [-0.3, -0.25) is 14.3 Å². The Morgan fingerprint density at radius 2 is 1.94 bits per heavy atom. The van der Waals surface area contributed by atoms with Crippen molar-refractivity contribution in [1.29, 1.82) is 5.26 Å². The minimum atomic E-state index is -4.68. The molecular formula is C20H21F3N6O2. The van der Waals surface area contributed by atoms with Crippen molar-refractivity contribution in [3.63, 3.8) is 0 Å². The Morgan fingerprint density at radius 3 is 2.48 bits per heavy atom. The van der Waals surface area contributed by atoms with E-state index in [1.807, 2.05) is 0 Å². The van der Waals surface area contributed by atoms with E-state index in [9.17, 15) is 22.8 Å². The summed E-state index contributed by atoms with van der Waals surface area (Å²) >= 11 is 0. The van der Waals surface area contributed by atoms with Crippen LogP contribution < -0.4 is 4.90 Å². The number of benzene rings is 1. The number of aryl methyl sites for hydroxylation is 1. The van der Waals surface area contributed by atoms with E-state index in [2.05, 4.69) is 5.10 Å². The molecule has 1 aliphatic rings. The van der Waals surface area contributed by atoms with Crippen LogP contribution in [0.2, 0.25) is 0 Å². The maximum atomic E-state index is 13.4. The molecule has 0 radical (unpaired) electrons. The SMILES string of the molecule is CN(C)C(=O)C1CN(c2ccc(C#N)c(C(F)(F)F)c2)CCN1C(=O)c1ccnn1C. The van der Waals surface area contributed by atoms with Gasteiger partial charge in [0.05, 0.1) is 17.2 Å². The van der Waals surface area contributed by atoms with Gasteiger partial charge >= 0.3 is 6.18 Å². The minimum Gasteiger partial charge on any atom is -0.367 e. The first-order valence-corrected chi connectivity index (χ1v) is 9.41. The minimum absolute atomic E-state index is 0.0177. The Kier molecular flexibility index (Phi) is 5.92. The van der Waals surface area contributed by atoms with Gasteiger partial charge in [0.15, 0.2) is 0 Å². The molecule has 0 spiro atoms. The van der Waals surface area contributed by atoms with Gasteiger partial charge < -0.3 is 14.7 Å². The molecule has 0 saturated carbocycles. The molecule has 1 aromatic heterocycles. The maximum absolute atomic E-state index is 13.4. The summed E-state index contributed by atoms with van der Waals surface area (Å²) in [6.45, 7) is 0.378. The van der Waals surface area contributed by atoms with Crippen molar-refractivity contribution in [2.24, 2.45) is 7.05 Å². The van der Waals surface area contributed by atoms with Crippen LogP contribution in [0, 0.1) is 11.3 Å². The molecule has 1 unspecified atom stereocenters. The van der Waals surface area contributed by atoms with Gasteiger partial charge in [-0.2, -0.15) is 23.5 Å². The molecule has 1 aromatic carbocycles. The molecule has 0 aliphatic carbocycles. The lowest BCUT2D eigenvalue weighted by Crippen LogP contribution is -2.60. The highest BCUT2D eigenvalue weighted by Crippen LogP contribution is 2.35. The molecule has 0 bridgehead atoms. The van der Waals surface area contributed by atoms with Gasteiger partial charge in [-0.15, -0.1) is 0 Å². The van der Waals surface area contributed by atoms with Crippen LogP contribution in [-0.4, -0.2) is 71.2 Å². The molecule has 1 aliphatic heterocycles. The molecule has 8 nitrogen and oxygen atoms in total. The second kappa shape index (κ2) is 8.29. The van der Waals surface area contributed by atoms with Gasteiger partial charge in [-0.25, -0.2) is 0 Å². The lowest BCUT2D eigenvalue weighted by Gasteiger charge is -2.42. The lowest BCUT2D eigenvalue weighted by atomic mass is 10.0. The Labute approximate surface area is 177 Å². The van der Waals surface area contributed by atoms with Crippen molar-refractivity contribution in [3.8, 4) is 6.07 Å². The van der Waals surface area contributed by atoms with Crippen LogP contribution in [0.1, 0.15) is 21.6 Å². The van der Waals surface area contributed by atoms with E-state index in [0.29, 0.717) is 5.69 Å². The highest BCUT2D eigenvalue weighted by molar-refractivity contribution is 5.96. The fourth-order valence-corrected chi connectivity index (χ4v) is 3.56. The number of hydrogen-bond donors (Lipinski definition) is 0. The monoisotopic (exact) mass is 434 g/mol. The van der Waals surface area contributed by atoms with Crippen LogP contribution in [0.3, 0.4) is 0 Å². The molecule has 2 amide bonds. The fraction of sp³-hybridized carbons (Fsp3) is 0.400. The number of likely N-dealkylation sites (N-methyl/N-ethyl adjacent to an activating group) is 1. The number of nitriles is 1. The summed E-state index contributed by atoms with van der Waals surface area (Å²) in [5.74, 6) is -0.722. The first-order chi connectivity index (χ1) is 14.5. The van der Waals surface area contributed by atoms with Gasteiger partial charge in [0.1, 0.15) is 11.7 Å². The van der Waals surface area contributed by atoms with Crippen molar-refractivity contribution < 1.29 is 22.8 Å². The van der Waals surface area contributed by atoms with E-state index < -0.39 is 23.3 Å². The fourth-order valence-electron chi connectivity index (χ4n) is 3.56. The molecule has 0 N–H and O–H groups in total. The topological polar surface area (TPSA) is 85.5 Å². The third-order valence-electron chi connectivity index (χ3n) is 5.20. The second-order valence-corrected chi connectivity index (χ2v) is 7.37. The number of anilines is 1. The van der Waals surface area contributed by atoms with Crippen molar-refractivity contribution in [2.45, 2.75) is 12.2 Å². The third kappa shape index (κ3) is 4.33. The standard InChI is InChI=1S/C20H21F3N6O2/c1-26(2)18(30)17-12-28(8-9-29(17)19(31)16-6-7-25-27(16)3)14-5-4-13(11-24)15(10-14)20(21,22)23/h4-7,10,17H,8-9,12H2,1-3H3.